The first-order valence-electron chi connectivity index (χ1n) is 6.35. The van der Waals surface area contributed by atoms with Crippen LogP contribution in [0.25, 0.3) is 0 Å². The Balaban J connectivity index is 1.96. The Morgan fingerprint density at radius 2 is 2.00 bits per heavy atom. The molecule has 1 aromatic heterocycles. The Kier molecular flexibility index (Phi) is 4.50. The molecular weight excluding hydrogens is 240 g/mol. The summed E-state index contributed by atoms with van der Waals surface area (Å²) in [5, 5.41) is 3.40. The van der Waals surface area contributed by atoms with E-state index in [2.05, 4.69) is 60.4 Å². The highest BCUT2D eigenvalue weighted by Crippen LogP contribution is 2.14. The van der Waals surface area contributed by atoms with Crippen LogP contribution in [-0.2, 0) is 19.5 Å². The molecule has 0 atom stereocenters. The lowest BCUT2D eigenvalue weighted by atomic mass is 10.1. The molecule has 0 N–H and O–H groups in total. The van der Waals surface area contributed by atoms with E-state index < -0.39 is 0 Å². The van der Waals surface area contributed by atoms with Crippen molar-refractivity contribution in [3.8, 4) is 0 Å². The van der Waals surface area contributed by atoms with Gasteiger partial charge in [-0.2, -0.15) is 0 Å². The van der Waals surface area contributed by atoms with E-state index >= 15 is 0 Å². The van der Waals surface area contributed by atoms with Crippen molar-refractivity contribution in [1.29, 1.82) is 0 Å². The molecule has 18 heavy (non-hydrogen) atoms. The standard InChI is InChI=1S/C15H20N2S/c1-4-15-16-14(11-18-15)10-17(3)9-13-8-6-5-7-12(13)2/h5-8,11H,4,9-10H2,1-3H3. The van der Waals surface area contributed by atoms with Crippen LogP contribution in [0.1, 0.15) is 28.8 Å². The Hall–Kier alpha value is -1.19. The highest BCUT2D eigenvalue weighted by molar-refractivity contribution is 7.09. The lowest BCUT2D eigenvalue weighted by Crippen LogP contribution is -2.18. The summed E-state index contributed by atoms with van der Waals surface area (Å²) >= 11 is 1.76. The zero-order valence-corrected chi connectivity index (χ0v) is 12.1. The minimum absolute atomic E-state index is 0.921. The second-order valence-corrected chi connectivity index (χ2v) is 5.63. The predicted octanol–water partition coefficient (Wildman–Crippen LogP) is 3.65. The summed E-state index contributed by atoms with van der Waals surface area (Å²) in [6.45, 7) is 6.22. The average molecular weight is 260 g/mol. The van der Waals surface area contributed by atoms with Crippen LogP contribution >= 0.6 is 11.3 Å². The summed E-state index contributed by atoms with van der Waals surface area (Å²) < 4.78 is 0. The molecule has 0 radical (unpaired) electrons. The van der Waals surface area contributed by atoms with Crippen molar-refractivity contribution in [2.24, 2.45) is 0 Å². The van der Waals surface area contributed by atoms with Crippen LogP contribution < -0.4 is 0 Å². The minimum Gasteiger partial charge on any atom is -0.296 e. The van der Waals surface area contributed by atoms with Crippen molar-refractivity contribution in [2.75, 3.05) is 7.05 Å². The number of thiazole rings is 1. The molecule has 2 nitrogen and oxygen atoms in total. The number of rotatable bonds is 5. The second-order valence-electron chi connectivity index (χ2n) is 4.68. The van der Waals surface area contributed by atoms with Gasteiger partial charge in [-0.05, 0) is 31.5 Å². The number of benzene rings is 1. The third-order valence-electron chi connectivity index (χ3n) is 3.04. The van der Waals surface area contributed by atoms with Crippen LogP contribution in [0.5, 0.6) is 0 Å². The smallest absolute Gasteiger partial charge is 0.0926 e. The molecule has 2 aromatic rings. The van der Waals surface area contributed by atoms with Crippen molar-refractivity contribution in [2.45, 2.75) is 33.4 Å². The molecule has 0 bridgehead atoms. The van der Waals surface area contributed by atoms with Gasteiger partial charge >= 0.3 is 0 Å². The predicted molar refractivity (Wildman–Crippen MR) is 77.8 cm³/mol. The average Bonchev–Trinajstić information content (AvgIpc) is 2.80. The van der Waals surface area contributed by atoms with E-state index in [1.165, 1.54) is 21.8 Å². The van der Waals surface area contributed by atoms with E-state index in [-0.39, 0.29) is 0 Å². The van der Waals surface area contributed by atoms with E-state index in [4.69, 9.17) is 0 Å². The van der Waals surface area contributed by atoms with Gasteiger partial charge in [0.2, 0.25) is 0 Å². The number of nitrogens with zero attached hydrogens (tertiary/aromatic N) is 2. The van der Waals surface area contributed by atoms with E-state index in [0.717, 1.165) is 19.5 Å². The summed E-state index contributed by atoms with van der Waals surface area (Å²) in [5.74, 6) is 0. The molecular formula is C15H20N2S. The Labute approximate surface area is 113 Å². The first-order valence-corrected chi connectivity index (χ1v) is 7.23. The van der Waals surface area contributed by atoms with Crippen LogP contribution in [0.15, 0.2) is 29.6 Å². The Bertz CT molecular complexity index is 505. The highest BCUT2D eigenvalue weighted by atomic mass is 32.1. The van der Waals surface area contributed by atoms with Gasteiger partial charge < -0.3 is 0 Å². The third-order valence-corrected chi connectivity index (χ3v) is 4.08. The van der Waals surface area contributed by atoms with Gasteiger partial charge in [-0.3, -0.25) is 4.90 Å². The van der Waals surface area contributed by atoms with Crippen molar-refractivity contribution in [3.05, 3.63) is 51.5 Å². The van der Waals surface area contributed by atoms with Gasteiger partial charge in [0.25, 0.3) is 0 Å². The fraction of sp³-hybridized carbons (Fsp3) is 0.400. The lowest BCUT2D eigenvalue weighted by Gasteiger charge is -2.16. The van der Waals surface area contributed by atoms with Crippen molar-refractivity contribution in [1.82, 2.24) is 9.88 Å². The van der Waals surface area contributed by atoms with E-state index in [0.29, 0.717) is 0 Å². The first kappa shape index (κ1) is 13.2. The van der Waals surface area contributed by atoms with Gasteiger partial charge in [-0.1, -0.05) is 31.2 Å². The van der Waals surface area contributed by atoms with Crippen molar-refractivity contribution < 1.29 is 0 Å². The maximum atomic E-state index is 4.61. The molecule has 96 valence electrons. The van der Waals surface area contributed by atoms with Gasteiger partial charge in [0.1, 0.15) is 0 Å². The molecule has 2 rings (SSSR count). The van der Waals surface area contributed by atoms with Gasteiger partial charge in [-0.25, -0.2) is 4.98 Å². The Morgan fingerprint density at radius 1 is 1.22 bits per heavy atom. The van der Waals surface area contributed by atoms with Crippen molar-refractivity contribution in [3.63, 3.8) is 0 Å². The van der Waals surface area contributed by atoms with Gasteiger partial charge in [0.05, 0.1) is 10.7 Å². The normalized spacial score (nSPS) is 11.1. The highest BCUT2D eigenvalue weighted by Gasteiger charge is 2.06. The molecule has 0 saturated heterocycles. The van der Waals surface area contributed by atoms with Gasteiger partial charge in [0, 0.05) is 18.5 Å². The molecule has 0 saturated carbocycles. The van der Waals surface area contributed by atoms with Crippen LogP contribution in [0, 0.1) is 6.92 Å². The zero-order valence-electron chi connectivity index (χ0n) is 11.3. The maximum absolute atomic E-state index is 4.61. The number of hydrogen-bond donors (Lipinski definition) is 0. The zero-order chi connectivity index (χ0) is 13.0. The molecule has 0 amide bonds. The summed E-state index contributed by atoms with van der Waals surface area (Å²) in [6.07, 6.45) is 1.03. The molecule has 0 aliphatic rings. The van der Waals surface area contributed by atoms with Gasteiger partial charge in [-0.15, -0.1) is 11.3 Å². The lowest BCUT2D eigenvalue weighted by molar-refractivity contribution is 0.315. The summed E-state index contributed by atoms with van der Waals surface area (Å²) in [5.41, 5.74) is 3.94. The van der Waals surface area contributed by atoms with E-state index in [1.54, 1.807) is 11.3 Å². The molecule has 0 aliphatic heterocycles. The van der Waals surface area contributed by atoms with E-state index in [9.17, 15) is 0 Å². The van der Waals surface area contributed by atoms with E-state index in [1.807, 2.05) is 0 Å². The number of aromatic nitrogens is 1. The SMILES string of the molecule is CCc1nc(CN(C)Cc2ccccc2C)cs1. The summed E-state index contributed by atoms with van der Waals surface area (Å²) in [6, 6.07) is 8.56. The number of aryl methyl sites for hydroxylation is 2. The monoisotopic (exact) mass is 260 g/mol. The molecule has 0 aliphatic carbocycles. The Morgan fingerprint density at radius 3 is 2.67 bits per heavy atom. The fourth-order valence-electron chi connectivity index (χ4n) is 1.99. The van der Waals surface area contributed by atoms with Crippen LogP contribution in [-0.4, -0.2) is 16.9 Å². The molecule has 1 aromatic carbocycles. The minimum atomic E-state index is 0.921. The molecule has 0 spiro atoms. The molecule has 0 fully saturated rings. The second kappa shape index (κ2) is 6.12. The fourth-order valence-corrected chi connectivity index (χ4v) is 2.73. The summed E-state index contributed by atoms with van der Waals surface area (Å²) in [4.78, 5) is 6.93. The quantitative estimate of drug-likeness (QED) is 0.816. The summed E-state index contributed by atoms with van der Waals surface area (Å²) in [7, 11) is 2.15. The molecule has 3 heteroatoms. The molecule has 1 heterocycles. The van der Waals surface area contributed by atoms with Gasteiger partial charge in [0.15, 0.2) is 0 Å². The first-order chi connectivity index (χ1) is 8.69. The molecule has 0 unspecified atom stereocenters. The van der Waals surface area contributed by atoms with Crippen LogP contribution in [0.2, 0.25) is 0 Å². The van der Waals surface area contributed by atoms with Crippen LogP contribution in [0.4, 0.5) is 0 Å². The van der Waals surface area contributed by atoms with Crippen LogP contribution in [0.3, 0.4) is 0 Å². The largest absolute Gasteiger partial charge is 0.296 e. The topological polar surface area (TPSA) is 16.1 Å². The number of hydrogen-bond acceptors (Lipinski definition) is 3. The maximum Gasteiger partial charge on any atom is 0.0926 e. The van der Waals surface area contributed by atoms with Crippen molar-refractivity contribution >= 4 is 11.3 Å². The third kappa shape index (κ3) is 3.40.